The van der Waals surface area contributed by atoms with E-state index in [1.54, 1.807) is 24.3 Å². The summed E-state index contributed by atoms with van der Waals surface area (Å²) in [6, 6.07) is 12.2. The van der Waals surface area contributed by atoms with Crippen LogP contribution in [-0.4, -0.2) is 28.8 Å². The molecule has 29 heavy (non-hydrogen) atoms. The number of nitrogens with zero attached hydrogens (tertiary/aromatic N) is 1. The lowest BCUT2D eigenvalue weighted by atomic mass is 9.81. The fourth-order valence-corrected chi connectivity index (χ4v) is 4.08. The Morgan fingerprint density at radius 3 is 1.86 bits per heavy atom. The molecule has 0 unspecified atom stereocenters. The Morgan fingerprint density at radius 2 is 1.34 bits per heavy atom. The van der Waals surface area contributed by atoms with Crippen molar-refractivity contribution in [3.63, 3.8) is 0 Å². The summed E-state index contributed by atoms with van der Waals surface area (Å²) in [5, 5.41) is 11.6. The Kier molecular flexibility index (Phi) is 4.88. The predicted octanol–water partition coefficient (Wildman–Crippen LogP) is 3.32. The van der Waals surface area contributed by atoms with E-state index in [1.165, 1.54) is 29.2 Å². The van der Waals surface area contributed by atoms with Gasteiger partial charge in [0, 0.05) is 11.3 Å². The number of fused-ring (bicyclic) bond motifs is 1. The first-order chi connectivity index (χ1) is 14.0. The van der Waals surface area contributed by atoms with Crippen LogP contribution >= 0.6 is 0 Å². The zero-order valence-corrected chi connectivity index (χ0v) is 15.6. The van der Waals surface area contributed by atoms with Crippen molar-refractivity contribution in [2.75, 3.05) is 10.2 Å². The summed E-state index contributed by atoms with van der Waals surface area (Å²) in [4.78, 5) is 49.9. The highest BCUT2D eigenvalue weighted by atomic mass is 16.4. The maximum Gasteiger partial charge on any atom is 0.335 e. The molecule has 1 aliphatic heterocycles. The molecule has 2 fully saturated rings. The third kappa shape index (κ3) is 3.51. The van der Waals surface area contributed by atoms with Gasteiger partial charge < -0.3 is 10.4 Å². The van der Waals surface area contributed by atoms with Gasteiger partial charge in [0.2, 0.25) is 11.8 Å². The maximum absolute atomic E-state index is 12.7. The van der Waals surface area contributed by atoms with Crippen LogP contribution in [0, 0.1) is 11.8 Å². The van der Waals surface area contributed by atoms with Gasteiger partial charge in [-0.2, -0.15) is 0 Å². The lowest BCUT2D eigenvalue weighted by Crippen LogP contribution is -2.30. The van der Waals surface area contributed by atoms with E-state index in [9.17, 15) is 19.2 Å². The van der Waals surface area contributed by atoms with Crippen molar-refractivity contribution in [2.24, 2.45) is 11.8 Å². The molecular weight excluding hydrogens is 372 g/mol. The zero-order chi connectivity index (χ0) is 20.5. The van der Waals surface area contributed by atoms with E-state index in [0.717, 1.165) is 25.7 Å². The summed E-state index contributed by atoms with van der Waals surface area (Å²) in [6.07, 6.45) is 3.46. The van der Waals surface area contributed by atoms with Gasteiger partial charge >= 0.3 is 5.97 Å². The largest absolute Gasteiger partial charge is 0.478 e. The van der Waals surface area contributed by atoms with Crippen LogP contribution < -0.4 is 10.2 Å². The highest BCUT2D eigenvalue weighted by molar-refractivity contribution is 6.22. The van der Waals surface area contributed by atoms with Crippen molar-refractivity contribution in [3.8, 4) is 0 Å². The van der Waals surface area contributed by atoms with Gasteiger partial charge in [0.05, 0.1) is 23.1 Å². The Morgan fingerprint density at radius 1 is 0.828 bits per heavy atom. The molecule has 148 valence electrons. The highest BCUT2D eigenvalue weighted by Crippen LogP contribution is 2.40. The minimum absolute atomic E-state index is 0.132. The number of hydrogen-bond acceptors (Lipinski definition) is 4. The lowest BCUT2D eigenvalue weighted by molar-refractivity contribution is -0.122. The zero-order valence-electron chi connectivity index (χ0n) is 15.6. The molecule has 1 saturated carbocycles. The molecule has 4 rings (SSSR count). The number of aromatic carboxylic acids is 1. The van der Waals surface area contributed by atoms with Crippen molar-refractivity contribution >= 4 is 35.1 Å². The number of carboxylic acid groups (broad SMARTS) is 1. The van der Waals surface area contributed by atoms with Gasteiger partial charge in [0.1, 0.15) is 0 Å². The maximum atomic E-state index is 12.7. The second-order valence-electron chi connectivity index (χ2n) is 7.39. The van der Waals surface area contributed by atoms with E-state index in [2.05, 4.69) is 5.32 Å². The summed E-state index contributed by atoms with van der Waals surface area (Å²) in [6.45, 7) is 0. The van der Waals surface area contributed by atoms with E-state index in [-0.39, 0.29) is 35.1 Å². The third-order valence-corrected chi connectivity index (χ3v) is 5.62. The molecule has 0 bridgehead atoms. The number of hydrogen-bond donors (Lipinski definition) is 2. The number of anilines is 2. The van der Waals surface area contributed by atoms with E-state index < -0.39 is 5.97 Å². The van der Waals surface area contributed by atoms with Gasteiger partial charge in [-0.05, 0) is 61.4 Å². The number of carbonyl (C=O) groups is 4. The predicted molar refractivity (Wildman–Crippen MR) is 106 cm³/mol. The number of rotatable bonds is 4. The minimum Gasteiger partial charge on any atom is -0.478 e. The average Bonchev–Trinajstić information content (AvgIpc) is 2.99. The van der Waals surface area contributed by atoms with Crippen molar-refractivity contribution < 1.29 is 24.3 Å². The molecule has 2 aliphatic rings. The van der Waals surface area contributed by atoms with Gasteiger partial charge in [-0.1, -0.05) is 12.8 Å². The molecule has 2 aromatic rings. The quantitative estimate of drug-likeness (QED) is 0.777. The second kappa shape index (κ2) is 7.50. The van der Waals surface area contributed by atoms with Crippen molar-refractivity contribution in [1.82, 2.24) is 0 Å². The Hall–Kier alpha value is -3.48. The third-order valence-electron chi connectivity index (χ3n) is 5.62. The molecule has 3 amide bonds. The van der Waals surface area contributed by atoms with Crippen LogP contribution in [0.4, 0.5) is 11.4 Å². The van der Waals surface area contributed by atoms with Crippen LogP contribution in [0.5, 0.6) is 0 Å². The monoisotopic (exact) mass is 392 g/mol. The number of amides is 3. The molecule has 1 aliphatic carbocycles. The summed E-state index contributed by atoms with van der Waals surface area (Å²) >= 11 is 0. The number of carbonyl (C=O) groups excluding carboxylic acids is 3. The van der Waals surface area contributed by atoms with Crippen LogP contribution in [0.1, 0.15) is 46.4 Å². The van der Waals surface area contributed by atoms with Crippen LogP contribution in [0.15, 0.2) is 48.5 Å². The van der Waals surface area contributed by atoms with Crippen LogP contribution in [0.25, 0.3) is 0 Å². The first kappa shape index (κ1) is 18.9. The summed E-state index contributed by atoms with van der Waals surface area (Å²) < 4.78 is 0. The average molecular weight is 392 g/mol. The Balaban J connectivity index is 1.47. The molecule has 2 aromatic carbocycles. The number of nitrogens with one attached hydrogen (secondary N) is 1. The van der Waals surface area contributed by atoms with E-state index >= 15 is 0 Å². The second-order valence-corrected chi connectivity index (χ2v) is 7.39. The van der Waals surface area contributed by atoms with Crippen molar-refractivity contribution in [2.45, 2.75) is 25.7 Å². The Bertz CT molecular complexity index is 957. The number of benzene rings is 2. The summed E-state index contributed by atoms with van der Waals surface area (Å²) in [5.74, 6) is -2.12. The Labute approximate surface area is 167 Å². The molecule has 7 heteroatoms. The standard InChI is InChI=1S/C22H20N2O5/c25-19(23-15-9-5-14(6-10-15)22(28)29)13-7-11-16(12-8-13)24-20(26)17-3-1-2-4-18(17)21(24)27/h5-12,17-18H,1-4H2,(H,23,25)(H,28,29)/t17-,18+. The molecule has 1 saturated heterocycles. The SMILES string of the molecule is O=C(O)c1ccc(NC(=O)c2ccc(N3C(=O)[C@H]4CCCC[C@H]4C3=O)cc2)cc1. The van der Waals surface area contributed by atoms with Crippen LogP contribution in [-0.2, 0) is 9.59 Å². The van der Waals surface area contributed by atoms with Gasteiger partial charge in [-0.3, -0.25) is 19.3 Å². The molecule has 1 heterocycles. The van der Waals surface area contributed by atoms with Crippen molar-refractivity contribution in [3.05, 3.63) is 59.7 Å². The molecule has 0 spiro atoms. The number of imide groups is 1. The van der Waals surface area contributed by atoms with Gasteiger partial charge in [-0.25, -0.2) is 4.79 Å². The smallest absolute Gasteiger partial charge is 0.335 e. The lowest BCUT2D eigenvalue weighted by Gasteiger charge is -2.19. The first-order valence-corrected chi connectivity index (χ1v) is 9.58. The highest BCUT2D eigenvalue weighted by Gasteiger charge is 2.48. The molecule has 7 nitrogen and oxygen atoms in total. The number of carboxylic acids is 1. The van der Waals surface area contributed by atoms with E-state index in [4.69, 9.17) is 5.11 Å². The molecule has 2 atom stereocenters. The van der Waals surface area contributed by atoms with Gasteiger partial charge in [0.25, 0.3) is 5.91 Å². The normalized spacial score (nSPS) is 21.0. The topological polar surface area (TPSA) is 104 Å². The molecule has 2 N–H and O–H groups in total. The summed E-state index contributed by atoms with van der Waals surface area (Å²) in [7, 11) is 0. The fourth-order valence-electron chi connectivity index (χ4n) is 4.08. The molecular formula is C22H20N2O5. The fraction of sp³-hybridized carbons (Fsp3) is 0.273. The first-order valence-electron chi connectivity index (χ1n) is 9.58. The van der Waals surface area contributed by atoms with Gasteiger partial charge in [-0.15, -0.1) is 0 Å². The van der Waals surface area contributed by atoms with Crippen molar-refractivity contribution in [1.29, 1.82) is 0 Å². The van der Waals surface area contributed by atoms with E-state index in [1.807, 2.05) is 0 Å². The van der Waals surface area contributed by atoms with Crippen LogP contribution in [0.3, 0.4) is 0 Å². The minimum atomic E-state index is -1.04. The van der Waals surface area contributed by atoms with Crippen LogP contribution in [0.2, 0.25) is 0 Å². The molecule has 0 aromatic heterocycles. The molecule has 0 radical (unpaired) electrons. The van der Waals surface area contributed by atoms with Gasteiger partial charge in [0.15, 0.2) is 0 Å². The van der Waals surface area contributed by atoms with E-state index in [0.29, 0.717) is 16.9 Å². The summed E-state index contributed by atoms with van der Waals surface area (Å²) in [5.41, 5.74) is 1.45.